The van der Waals surface area contributed by atoms with E-state index in [1.165, 1.54) is 22.9 Å². The first kappa shape index (κ1) is 30.0. The molecule has 39 heavy (non-hydrogen) atoms. The van der Waals surface area contributed by atoms with Crippen LogP contribution in [0.5, 0.6) is 0 Å². The van der Waals surface area contributed by atoms with Crippen molar-refractivity contribution in [2.45, 2.75) is 25.6 Å². The Kier molecular flexibility index (Phi) is 9.98. The maximum absolute atomic E-state index is 13.0. The molecule has 208 valence electrons. The van der Waals surface area contributed by atoms with E-state index >= 15 is 0 Å². The van der Waals surface area contributed by atoms with Gasteiger partial charge in [0, 0.05) is 47.9 Å². The fourth-order valence-corrected chi connectivity index (χ4v) is 4.16. The second-order valence-corrected chi connectivity index (χ2v) is 9.64. The van der Waals surface area contributed by atoms with Gasteiger partial charge < -0.3 is 20.6 Å². The molecule has 4 N–H and O–H groups in total. The van der Waals surface area contributed by atoms with Gasteiger partial charge in [0.25, 0.3) is 5.56 Å². The summed E-state index contributed by atoms with van der Waals surface area (Å²) in [5.41, 5.74) is 0.467. The molecule has 0 spiro atoms. The van der Waals surface area contributed by atoms with E-state index in [0.29, 0.717) is 15.0 Å². The molecule has 0 radical (unpaired) electrons. The number of aromatic nitrogens is 1. The number of rotatable bonds is 9. The van der Waals surface area contributed by atoms with Crippen LogP contribution in [-0.4, -0.2) is 46.3 Å². The number of urea groups is 1. The van der Waals surface area contributed by atoms with Crippen molar-refractivity contribution >= 4 is 46.5 Å². The van der Waals surface area contributed by atoms with E-state index in [9.17, 15) is 22.8 Å². The third kappa shape index (κ3) is 8.21. The Balaban J connectivity index is 1.75. The first-order valence-electron chi connectivity index (χ1n) is 11.9. The second kappa shape index (κ2) is 13.0. The van der Waals surface area contributed by atoms with E-state index in [-0.39, 0.29) is 35.8 Å². The average Bonchev–Trinajstić information content (AvgIpc) is 2.88. The fourth-order valence-electron chi connectivity index (χ4n) is 3.80. The van der Waals surface area contributed by atoms with Crippen LogP contribution in [0, 0.1) is 16.7 Å². The fraction of sp³-hybridized carbons (Fsp3) is 0.308. The van der Waals surface area contributed by atoms with Crippen LogP contribution in [-0.2, 0) is 13.6 Å². The number of allylic oxidation sites excluding steroid dienone is 3. The van der Waals surface area contributed by atoms with Crippen LogP contribution in [0.3, 0.4) is 0 Å². The van der Waals surface area contributed by atoms with Crippen LogP contribution >= 0.6 is 23.2 Å². The normalized spacial score (nSPS) is 14.9. The molecule has 1 aromatic carbocycles. The Morgan fingerprint density at radius 3 is 2.56 bits per heavy atom. The number of amidine groups is 1. The Hall–Kier alpha value is -3.57. The molecular formula is C26H27Cl2F3N6O2. The van der Waals surface area contributed by atoms with Gasteiger partial charge in [-0.2, -0.15) is 13.2 Å². The van der Waals surface area contributed by atoms with Gasteiger partial charge in [-0.25, -0.2) is 4.79 Å². The molecule has 1 heterocycles. The number of nitrogens with zero attached hydrogens (tertiary/aromatic N) is 2. The SMILES string of the molecule is Cn1ccc(C(=N)CNC(=O)N(CCC(F)(F)F)C(=N)C2C=CC(Cl)=CC2)c(NCc2ccccc2Cl)c1=O. The summed E-state index contributed by atoms with van der Waals surface area (Å²) in [5.74, 6) is -0.959. The van der Waals surface area contributed by atoms with Crippen LogP contribution in [0.15, 0.2) is 64.6 Å². The predicted octanol–water partition coefficient (Wildman–Crippen LogP) is 5.66. The van der Waals surface area contributed by atoms with E-state index in [2.05, 4.69) is 10.6 Å². The highest BCUT2D eigenvalue weighted by atomic mass is 35.5. The van der Waals surface area contributed by atoms with Gasteiger partial charge in [0.2, 0.25) is 0 Å². The molecule has 0 saturated heterocycles. The monoisotopic (exact) mass is 582 g/mol. The predicted molar refractivity (Wildman–Crippen MR) is 147 cm³/mol. The molecule has 8 nitrogen and oxygen atoms in total. The number of nitrogens with one attached hydrogen (secondary N) is 4. The maximum Gasteiger partial charge on any atom is 0.390 e. The summed E-state index contributed by atoms with van der Waals surface area (Å²) in [7, 11) is 1.55. The van der Waals surface area contributed by atoms with Gasteiger partial charge in [-0.3, -0.25) is 15.1 Å². The molecule has 1 aromatic heterocycles. The molecule has 2 aromatic rings. The number of anilines is 1. The summed E-state index contributed by atoms with van der Waals surface area (Å²) in [6.07, 6.45) is 0.566. The number of carbonyl (C=O) groups is 1. The van der Waals surface area contributed by atoms with Crippen molar-refractivity contribution in [2.75, 3.05) is 18.4 Å². The van der Waals surface area contributed by atoms with Gasteiger partial charge in [0.15, 0.2) is 0 Å². The summed E-state index contributed by atoms with van der Waals surface area (Å²) in [6.45, 7) is -0.962. The minimum Gasteiger partial charge on any atom is -0.376 e. The molecule has 1 atom stereocenters. The minimum absolute atomic E-state index is 0.108. The van der Waals surface area contributed by atoms with Gasteiger partial charge in [-0.05, 0) is 30.2 Å². The Morgan fingerprint density at radius 1 is 1.21 bits per heavy atom. The van der Waals surface area contributed by atoms with Crippen LogP contribution < -0.4 is 16.2 Å². The molecule has 0 bridgehead atoms. The van der Waals surface area contributed by atoms with Gasteiger partial charge >= 0.3 is 12.2 Å². The van der Waals surface area contributed by atoms with Gasteiger partial charge in [0.05, 0.1) is 18.7 Å². The van der Waals surface area contributed by atoms with Crippen LogP contribution in [0.2, 0.25) is 5.02 Å². The molecular weight excluding hydrogens is 556 g/mol. The van der Waals surface area contributed by atoms with Crippen LogP contribution in [0.25, 0.3) is 0 Å². The maximum atomic E-state index is 13.0. The van der Waals surface area contributed by atoms with Crippen molar-refractivity contribution in [2.24, 2.45) is 13.0 Å². The highest BCUT2D eigenvalue weighted by Gasteiger charge is 2.32. The molecule has 1 aliphatic carbocycles. The quantitative estimate of drug-likeness (QED) is 0.226. The zero-order chi connectivity index (χ0) is 28.7. The first-order chi connectivity index (χ1) is 18.4. The highest BCUT2D eigenvalue weighted by molar-refractivity contribution is 6.31. The summed E-state index contributed by atoms with van der Waals surface area (Å²) < 4.78 is 40.2. The zero-order valence-corrected chi connectivity index (χ0v) is 22.4. The molecule has 0 saturated carbocycles. The van der Waals surface area contributed by atoms with Crippen molar-refractivity contribution in [1.29, 1.82) is 10.8 Å². The van der Waals surface area contributed by atoms with Gasteiger partial charge in [0.1, 0.15) is 11.5 Å². The topological polar surface area (TPSA) is 114 Å². The lowest BCUT2D eigenvalue weighted by Crippen LogP contribution is -2.48. The van der Waals surface area contributed by atoms with Gasteiger partial charge in [-0.1, -0.05) is 53.6 Å². The average molecular weight is 583 g/mol. The number of pyridine rings is 1. The number of alkyl halides is 3. The number of halogens is 5. The van der Waals surface area contributed by atoms with E-state index in [1.807, 2.05) is 0 Å². The molecule has 13 heteroatoms. The van der Waals surface area contributed by atoms with Crippen LogP contribution in [0.1, 0.15) is 24.0 Å². The number of hydrogen-bond donors (Lipinski definition) is 4. The van der Waals surface area contributed by atoms with Crippen molar-refractivity contribution in [1.82, 2.24) is 14.8 Å². The lowest BCUT2D eigenvalue weighted by atomic mass is 9.98. The number of benzene rings is 1. The standard InChI is InChI=1S/C26H27Cl2F3N6O2/c1-36-12-10-19(22(24(36)38)34-14-17-4-2-3-5-20(17)28)21(32)15-35-25(39)37(13-11-26(29,30)31)23(33)16-6-8-18(27)9-7-16/h2-6,8-10,12,16,32-34H,7,11,13-15H2,1H3,(H,35,39). The molecule has 1 aliphatic rings. The second-order valence-electron chi connectivity index (χ2n) is 8.80. The lowest BCUT2D eigenvalue weighted by molar-refractivity contribution is -0.135. The third-order valence-corrected chi connectivity index (χ3v) is 6.63. The molecule has 2 amide bonds. The van der Waals surface area contributed by atoms with E-state index in [4.69, 9.17) is 34.0 Å². The smallest absolute Gasteiger partial charge is 0.376 e. The van der Waals surface area contributed by atoms with E-state index in [1.54, 1.807) is 43.5 Å². The Morgan fingerprint density at radius 2 is 1.92 bits per heavy atom. The summed E-state index contributed by atoms with van der Waals surface area (Å²) in [5, 5.41) is 23.3. The van der Waals surface area contributed by atoms with Gasteiger partial charge in [-0.15, -0.1) is 0 Å². The van der Waals surface area contributed by atoms with Crippen molar-refractivity contribution in [3.05, 3.63) is 86.3 Å². The van der Waals surface area contributed by atoms with Crippen molar-refractivity contribution in [3.8, 4) is 0 Å². The van der Waals surface area contributed by atoms with Crippen molar-refractivity contribution in [3.63, 3.8) is 0 Å². The number of hydrogen-bond acceptors (Lipinski definition) is 5. The Bertz CT molecular complexity index is 1370. The molecule has 0 aliphatic heterocycles. The largest absolute Gasteiger partial charge is 0.390 e. The third-order valence-electron chi connectivity index (χ3n) is 5.98. The summed E-state index contributed by atoms with van der Waals surface area (Å²) in [4.78, 5) is 26.5. The number of carbonyl (C=O) groups excluding carboxylic acids is 1. The molecule has 3 rings (SSSR count). The summed E-state index contributed by atoms with van der Waals surface area (Å²) in [6, 6.07) is 7.61. The zero-order valence-electron chi connectivity index (χ0n) is 20.9. The highest BCUT2D eigenvalue weighted by Crippen LogP contribution is 2.24. The van der Waals surface area contributed by atoms with Crippen LogP contribution in [0.4, 0.5) is 23.7 Å². The summed E-state index contributed by atoms with van der Waals surface area (Å²) >= 11 is 12.1. The lowest BCUT2D eigenvalue weighted by Gasteiger charge is -2.28. The molecule has 0 fully saturated rings. The van der Waals surface area contributed by atoms with Crippen molar-refractivity contribution < 1.29 is 18.0 Å². The minimum atomic E-state index is -4.54. The number of aryl methyl sites for hydroxylation is 1. The Labute approximate surface area is 233 Å². The molecule has 1 unspecified atom stereocenters. The number of amides is 2. The van der Waals surface area contributed by atoms with E-state index in [0.717, 1.165) is 5.56 Å². The van der Waals surface area contributed by atoms with E-state index < -0.39 is 43.2 Å². The first-order valence-corrected chi connectivity index (χ1v) is 12.6.